The maximum atomic E-state index is 13.8. The monoisotopic (exact) mass is 306 g/mol. The van der Waals surface area contributed by atoms with Crippen molar-refractivity contribution in [2.45, 2.75) is 0 Å². The normalized spacial score (nSPS) is 11.0. The maximum Gasteiger partial charge on any atom is 0.331 e. The zero-order valence-corrected chi connectivity index (χ0v) is 10.7. The molecule has 3 rings (SSSR count). The zero-order chi connectivity index (χ0) is 12.7. The van der Waals surface area contributed by atoms with Crippen LogP contribution in [0.1, 0.15) is 0 Å². The average Bonchev–Trinajstić information content (AvgIpc) is 2.65. The van der Waals surface area contributed by atoms with Crippen LogP contribution in [0.2, 0.25) is 0 Å². The van der Waals surface area contributed by atoms with Crippen molar-refractivity contribution in [2.75, 3.05) is 0 Å². The van der Waals surface area contributed by atoms with E-state index in [0.29, 0.717) is 11.0 Å². The van der Waals surface area contributed by atoms with Gasteiger partial charge >= 0.3 is 5.69 Å². The summed E-state index contributed by atoms with van der Waals surface area (Å²) >= 11 is 3.33. The van der Waals surface area contributed by atoms with Gasteiger partial charge in [0.15, 0.2) is 0 Å². The first kappa shape index (κ1) is 11.2. The Bertz CT molecular complexity index is 791. The first-order chi connectivity index (χ1) is 8.66. The van der Waals surface area contributed by atoms with Crippen molar-refractivity contribution < 1.29 is 4.39 Å². The van der Waals surface area contributed by atoms with E-state index < -0.39 is 5.82 Å². The van der Waals surface area contributed by atoms with Gasteiger partial charge < -0.3 is 4.98 Å². The molecule has 0 atom stereocenters. The summed E-state index contributed by atoms with van der Waals surface area (Å²) in [5.41, 5.74) is 1.20. The Morgan fingerprint density at radius 3 is 2.72 bits per heavy atom. The van der Waals surface area contributed by atoms with Crippen LogP contribution in [0.3, 0.4) is 0 Å². The molecule has 1 heterocycles. The summed E-state index contributed by atoms with van der Waals surface area (Å²) in [6.07, 6.45) is 0. The highest BCUT2D eigenvalue weighted by Gasteiger charge is 2.11. The zero-order valence-electron chi connectivity index (χ0n) is 9.15. The van der Waals surface area contributed by atoms with Gasteiger partial charge in [-0.3, -0.25) is 4.57 Å². The van der Waals surface area contributed by atoms with Gasteiger partial charge in [0.25, 0.3) is 0 Å². The lowest BCUT2D eigenvalue weighted by Crippen LogP contribution is -2.15. The lowest BCUT2D eigenvalue weighted by molar-refractivity contribution is 0.618. The molecule has 0 saturated carbocycles. The summed E-state index contributed by atoms with van der Waals surface area (Å²) in [6, 6.07) is 11.6. The number of aromatic amines is 1. The number of nitrogens with one attached hydrogen (secondary N) is 1. The fraction of sp³-hybridized carbons (Fsp3) is 0. The summed E-state index contributed by atoms with van der Waals surface area (Å²) < 4.78 is 15.9. The third-order valence-electron chi connectivity index (χ3n) is 2.74. The van der Waals surface area contributed by atoms with E-state index in [1.807, 2.05) is 6.07 Å². The molecule has 0 aliphatic heterocycles. The third kappa shape index (κ3) is 1.67. The fourth-order valence-corrected chi connectivity index (χ4v) is 2.32. The summed E-state index contributed by atoms with van der Waals surface area (Å²) in [4.78, 5) is 14.6. The van der Waals surface area contributed by atoms with E-state index in [1.54, 1.807) is 30.3 Å². The Morgan fingerprint density at radius 1 is 1.17 bits per heavy atom. The van der Waals surface area contributed by atoms with Gasteiger partial charge in [0.05, 0.1) is 16.7 Å². The molecular formula is C13H8BrFN2O. The Kier molecular flexibility index (Phi) is 2.56. The molecule has 0 amide bonds. The Balaban J connectivity index is 2.40. The standard InChI is InChI=1S/C13H8BrFN2O/c14-8-5-6-12-10(7-8)16-13(18)17(12)11-4-2-1-3-9(11)15/h1-7H,(H,16,18). The van der Waals surface area contributed by atoms with Crippen LogP contribution in [-0.2, 0) is 0 Å². The minimum atomic E-state index is -0.427. The summed E-state index contributed by atoms with van der Waals surface area (Å²) in [5, 5.41) is 0. The number of para-hydroxylation sites is 1. The molecule has 2 aromatic carbocycles. The van der Waals surface area contributed by atoms with E-state index in [1.165, 1.54) is 10.6 Å². The number of nitrogens with zero attached hydrogens (tertiary/aromatic N) is 1. The second-order valence-electron chi connectivity index (χ2n) is 3.88. The van der Waals surface area contributed by atoms with Crippen LogP contribution in [0.4, 0.5) is 4.39 Å². The Morgan fingerprint density at radius 2 is 1.94 bits per heavy atom. The summed E-state index contributed by atoms with van der Waals surface area (Å²) in [7, 11) is 0. The van der Waals surface area contributed by atoms with Crippen molar-refractivity contribution in [2.24, 2.45) is 0 Å². The minimum Gasteiger partial charge on any atom is -0.305 e. The smallest absolute Gasteiger partial charge is 0.305 e. The first-order valence-electron chi connectivity index (χ1n) is 5.32. The van der Waals surface area contributed by atoms with Crippen molar-refractivity contribution in [3.63, 3.8) is 0 Å². The van der Waals surface area contributed by atoms with Gasteiger partial charge in [0.2, 0.25) is 0 Å². The second kappa shape index (κ2) is 4.10. The summed E-state index contributed by atoms with van der Waals surface area (Å²) in [6.45, 7) is 0. The molecule has 1 N–H and O–H groups in total. The van der Waals surface area contributed by atoms with Gasteiger partial charge in [0.1, 0.15) is 5.82 Å². The molecule has 3 aromatic rings. The van der Waals surface area contributed by atoms with Crippen LogP contribution in [0.25, 0.3) is 16.7 Å². The lowest BCUT2D eigenvalue weighted by atomic mass is 10.2. The predicted octanol–water partition coefficient (Wildman–Crippen LogP) is 3.22. The number of aromatic nitrogens is 2. The minimum absolute atomic E-state index is 0.246. The number of benzene rings is 2. The Labute approximate surface area is 110 Å². The van der Waals surface area contributed by atoms with Crippen LogP contribution in [0.15, 0.2) is 51.7 Å². The predicted molar refractivity (Wildman–Crippen MR) is 71.6 cm³/mol. The highest BCUT2D eigenvalue weighted by atomic mass is 79.9. The van der Waals surface area contributed by atoms with Gasteiger partial charge in [0, 0.05) is 4.47 Å². The first-order valence-corrected chi connectivity index (χ1v) is 6.11. The van der Waals surface area contributed by atoms with Crippen LogP contribution in [0, 0.1) is 5.82 Å². The number of imidazole rings is 1. The number of hydrogen-bond acceptors (Lipinski definition) is 1. The van der Waals surface area contributed by atoms with Gasteiger partial charge in [-0.25, -0.2) is 9.18 Å². The van der Waals surface area contributed by atoms with Gasteiger partial charge in [-0.1, -0.05) is 28.1 Å². The number of halogens is 2. The van der Waals surface area contributed by atoms with E-state index in [4.69, 9.17) is 0 Å². The number of hydrogen-bond donors (Lipinski definition) is 1. The highest BCUT2D eigenvalue weighted by Crippen LogP contribution is 2.21. The van der Waals surface area contributed by atoms with E-state index >= 15 is 0 Å². The molecule has 1 aromatic heterocycles. The van der Waals surface area contributed by atoms with E-state index in [9.17, 15) is 9.18 Å². The number of rotatable bonds is 1. The van der Waals surface area contributed by atoms with E-state index in [0.717, 1.165) is 4.47 Å². The van der Waals surface area contributed by atoms with E-state index in [-0.39, 0.29) is 11.4 Å². The van der Waals surface area contributed by atoms with Crippen molar-refractivity contribution in [1.29, 1.82) is 0 Å². The molecule has 0 radical (unpaired) electrons. The summed E-state index contributed by atoms with van der Waals surface area (Å²) in [5.74, 6) is -0.427. The van der Waals surface area contributed by atoms with Crippen LogP contribution in [0.5, 0.6) is 0 Å². The molecule has 90 valence electrons. The largest absolute Gasteiger partial charge is 0.331 e. The van der Waals surface area contributed by atoms with Gasteiger partial charge in [-0.15, -0.1) is 0 Å². The molecular weight excluding hydrogens is 299 g/mol. The van der Waals surface area contributed by atoms with Crippen LogP contribution in [-0.4, -0.2) is 9.55 Å². The molecule has 18 heavy (non-hydrogen) atoms. The van der Waals surface area contributed by atoms with Crippen molar-refractivity contribution in [3.05, 3.63) is 63.2 Å². The molecule has 3 nitrogen and oxygen atoms in total. The van der Waals surface area contributed by atoms with Crippen LogP contribution < -0.4 is 5.69 Å². The lowest BCUT2D eigenvalue weighted by Gasteiger charge is -2.04. The van der Waals surface area contributed by atoms with Crippen LogP contribution >= 0.6 is 15.9 Å². The van der Waals surface area contributed by atoms with Crippen molar-refractivity contribution >= 4 is 27.0 Å². The molecule has 0 spiro atoms. The fourth-order valence-electron chi connectivity index (χ4n) is 1.96. The molecule has 0 aliphatic rings. The number of H-pyrrole nitrogens is 1. The van der Waals surface area contributed by atoms with Gasteiger partial charge in [-0.05, 0) is 30.3 Å². The molecule has 5 heteroatoms. The van der Waals surface area contributed by atoms with Crippen molar-refractivity contribution in [3.8, 4) is 5.69 Å². The maximum absolute atomic E-state index is 13.8. The Hall–Kier alpha value is -1.88. The quantitative estimate of drug-likeness (QED) is 0.736. The molecule has 0 saturated heterocycles. The van der Waals surface area contributed by atoms with Crippen molar-refractivity contribution in [1.82, 2.24) is 9.55 Å². The molecule has 0 fully saturated rings. The highest BCUT2D eigenvalue weighted by molar-refractivity contribution is 9.10. The topological polar surface area (TPSA) is 37.8 Å². The third-order valence-corrected chi connectivity index (χ3v) is 3.23. The second-order valence-corrected chi connectivity index (χ2v) is 4.79. The van der Waals surface area contributed by atoms with E-state index in [2.05, 4.69) is 20.9 Å². The average molecular weight is 307 g/mol. The molecule has 0 aliphatic carbocycles. The number of fused-ring (bicyclic) bond motifs is 1. The molecule has 0 bridgehead atoms. The van der Waals surface area contributed by atoms with Gasteiger partial charge in [-0.2, -0.15) is 0 Å². The SMILES string of the molecule is O=c1[nH]c2cc(Br)ccc2n1-c1ccccc1F. The molecule has 0 unspecified atom stereocenters.